The van der Waals surface area contributed by atoms with Gasteiger partial charge in [-0.25, -0.2) is 13.2 Å². The zero-order valence-electron chi connectivity index (χ0n) is 20.7. The molecule has 16 heteroatoms. The molecule has 0 spiro atoms. The van der Waals surface area contributed by atoms with E-state index in [1.165, 1.54) is 0 Å². The van der Waals surface area contributed by atoms with Gasteiger partial charge in [0.2, 0.25) is 0 Å². The van der Waals surface area contributed by atoms with Crippen LogP contribution >= 0.6 is 11.6 Å². The van der Waals surface area contributed by atoms with Crippen LogP contribution in [0.4, 0.5) is 54.0 Å². The number of nitrogens with one attached hydrogen (secondary N) is 1. The lowest BCUT2D eigenvalue weighted by atomic mass is 9.89. The van der Waals surface area contributed by atoms with Crippen LogP contribution < -0.4 is 10.1 Å². The molecule has 3 aromatic rings. The van der Waals surface area contributed by atoms with Crippen LogP contribution in [0.5, 0.6) is 5.75 Å². The number of carbonyl (C=O) groups excluding carboxylic acids is 2. The summed E-state index contributed by atoms with van der Waals surface area (Å²) >= 11 is 5.72. The molecular formula is C26H15ClF11NO3. The van der Waals surface area contributed by atoms with Gasteiger partial charge in [0.05, 0.1) is 16.8 Å². The zero-order valence-corrected chi connectivity index (χ0v) is 21.4. The molecule has 0 unspecified atom stereocenters. The van der Waals surface area contributed by atoms with Crippen LogP contribution in [0.1, 0.15) is 37.4 Å². The molecule has 4 nitrogen and oxygen atoms in total. The number of benzene rings is 3. The summed E-state index contributed by atoms with van der Waals surface area (Å²) in [5, 5.41) is 1.97. The van der Waals surface area contributed by atoms with Gasteiger partial charge in [-0.1, -0.05) is 23.7 Å². The SMILES string of the molecule is Cc1cc(C(F)(C(F)(F)F)C(F)(F)F)cc(OC(F)F)c1CC(=O)c1cccc(NC(=O)c2cc(Cl)ccc2F)c1F. The van der Waals surface area contributed by atoms with Crippen LogP contribution in [0.25, 0.3) is 0 Å². The average molecular weight is 634 g/mol. The number of ether oxygens (including phenoxy) is 1. The summed E-state index contributed by atoms with van der Waals surface area (Å²) in [5.41, 5.74) is -11.6. The quantitative estimate of drug-likeness (QED) is 0.200. The van der Waals surface area contributed by atoms with E-state index < -0.39 is 93.6 Å². The second-order valence-electron chi connectivity index (χ2n) is 8.65. The number of aryl methyl sites for hydroxylation is 1. The van der Waals surface area contributed by atoms with Gasteiger partial charge in [-0.05, 0) is 48.9 Å². The highest BCUT2D eigenvalue weighted by Crippen LogP contribution is 2.54. The third kappa shape index (κ3) is 6.45. The van der Waals surface area contributed by atoms with Gasteiger partial charge in [-0.2, -0.15) is 35.1 Å². The Balaban J connectivity index is 2.02. The molecule has 0 saturated heterocycles. The van der Waals surface area contributed by atoms with Crippen LogP contribution in [-0.2, 0) is 12.1 Å². The lowest BCUT2D eigenvalue weighted by molar-refractivity contribution is -0.348. The summed E-state index contributed by atoms with van der Waals surface area (Å²) in [6.45, 7) is -3.04. The summed E-state index contributed by atoms with van der Waals surface area (Å²) < 4.78 is 153. The van der Waals surface area contributed by atoms with E-state index in [1.54, 1.807) is 0 Å². The molecule has 3 rings (SSSR count). The van der Waals surface area contributed by atoms with Gasteiger partial charge in [-0.15, -0.1) is 0 Å². The first-order chi connectivity index (χ1) is 19.3. The Hall–Kier alpha value is -3.88. The van der Waals surface area contributed by atoms with Crippen molar-refractivity contribution >= 4 is 29.0 Å². The summed E-state index contributed by atoms with van der Waals surface area (Å²) in [4.78, 5) is 25.3. The van der Waals surface area contributed by atoms with Gasteiger partial charge in [0.25, 0.3) is 5.91 Å². The second-order valence-corrected chi connectivity index (χ2v) is 9.08. The highest BCUT2D eigenvalue weighted by Gasteiger charge is 2.73. The fourth-order valence-corrected chi connectivity index (χ4v) is 4.03. The number of amides is 1. The molecule has 0 heterocycles. The number of alkyl halides is 9. The molecular weight excluding hydrogens is 619 g/mol. The molecule has 0 aliphatic heterocycles. The van der Waals surface area contributed by atoms with Crippen molar-refractivity contribution in [1.29, 1.82) is 0 Å². The standard InChI is InChI=1S/C26H15ClF11NO3/c1-11-7-12(24(32,25(33,34)35)26(36,37)38)8-20(42-23(30)31)15(11)10-19(40)14-3-2-4-18(21(14)29)39-22(41)16-9-13(27)5-6-17(16)28/h2-9,23H,10H2,1H3,(H,39,41). The van der Waals surface area contributed by atoms with Crippen molar-refractivity contribution in [3.05, 3.63) is 93.0 Å². The van der Waals surface area contributed by atoms with Crippen molar-refractivity contribution in [2.45, 2.75) is 38.0 Å². The fraction of sp³-hybridized carbons (Fsp3) is 0.231. The van der Waals surface area contributed by atoms with Crippen molar-refractivity contribution in [2.75, 3.05) is 5.32 Å². The first-order valence-electron chi connectivity index (χ1n) is 11.3. The van der Waals surface area contributed by atoms with Crippen LogP contribution in [0.15, 0.2) is 48.5 Å². The van der Waals surface area contributed by atoms with Gasteiger partial charge >= 0.3 is 24.6 Å². The number of halogens is 12. The largest absolute Gasteiger partial charge is 0.435 e. The Morgan fingerprint density at radius 1 is 0.905 bits per heavy atom. The number of carbonyl (C=O) groups is 2. The van der Waals surface area contributed by atoms with Crippen molar-refractivity contribution in [2.24, 2.45) is 0 Å². The third-order valence-corrected chi connectivity index (χ3v) is 6.12. The van der Waals surface area contributed by atoms with E-state index in [0.29, 0.717) is 0 Å². The Morgan fingerprint density at radius 2 is 1.52 bits per heavy atom. The Kier molecular flexibility index (Phi) is 9.15. The maximum Gasteiger partial charge on any atom is 0.435 e. The Morgan fingerprint density at radius 3 is 2.10 bits per heavy atom. The number of hydrogen-bond acceptors (Lipinski definition) is 3. The van der Waals surface area contributed by atoms with Crippen LogP contribution in [0.3, 0.4) is 0 Å². The number of hydrogen-bond donors (Lipinski definition) is 1. The lowest BCUT2D eigenvalue weighted by Gasteiger charge is -2.31. The smallest absolute Gasteiger partial charge is 0.435 e. The van der Waals surface area contributed by atoms with E-state index in [-0.39, 0.29) is 17.2 Å². The maximum atomic E-state index is 15.2. The number of rotatable bonds is 8. The normalized spacial score (nSPS) is 12.4. The Labute approximate surface area is 234 Å². The van der Waals surface area contributed by atoms with E-state index in [4.69, 9.17) is 11.6 Å². The predicted octanol–water partition coefficient (Wildman–Crippen LogP) is 8.50. The van der Waals surface area contributed by atoms with Gasteiger partial charge < -0.3 is 10.1 Å². The van der Waals surface area contributed by atoms with Crippen LogP contribution in [0.2, 0.25) is 5.02 Å². The monoisotopic (exact) mass is 633 g/mol. The van der Waals surface area contributed by atoms with Gasteiger partial charge in [0.15, 0.2) is 11.6 Å². The molecule has 1 amide bonds. The molecule has 0 aliphatic rings. The fourth-order valence-electron chi connectivity index (χ4n) is 3.86. The molecule has 0 radical (unpaired) electrons. The van der Waals surface area contributed by atoms with E-state index in [0.717, 1.165) is 43.3 Å². The van der Waals surface area contributed by atoms with Crippen molar-refractivity contribution in [3.63, 3.8) is 0 Å². The van der Waals surface area contributed by atoms with Gasteiger partial charge in [0, 0.05) is 22.6 Å². The first kappa shape index (κ1) is 32.6. The molecule has 0 atom stereocenters. The van der Waals surface area contributed by atoms with Crippen LogP contribution in [0, 0.1) is 18.6 Å². The summed E-state index contributed by atoms with van der Waals surface area (Å²) in [6.07, 6.45) is -14.3. The van der Waals surface area contributed by atoms with Gasteiger partial charge in [0.1, 0.15) is 11.6 Å². The predicted molar refractivity (Wildman–Crippen MR) is 127 cm³/mol. The summed E-state index contributed by atoms with van der Waals surface area (Å²) in [7, 11) is 0. The topological polar surface area (TPSA) is 55.4 Å². The molecule has 0 saturated carbocycles. The average Bonchev–Trinajstić information content (AvgIpc) is 2.86. The first-order valence-corrected chi connectivity index (χ1v) is 11.6. The van der Waals surface area contributed by atoms with E-state index in [2.05, 4.69) is 4.74 Å². The summed E-state index contributed by atoms with van der Waals surface area (Å²) in [6, 6.07) is 5.59. The highest BCUT2D eigenvalue weighted by molar-refractivity contribution is 6.31. The van der Waals surface area contributed by atoms with E-state index >= 15 is 4.39 Å². The van der Waals surface area contributed by atoms with Crippen molar-refractivity contribution in [1.82, 2.24) is 0 Å². The number of ketones is 1. The van der Waals surface area contributed by atoms with Gasteiger partial charge in [-0.3, -0.25) is 9.59 Å². The summed E-state index contributed by atoms with van der Waals surface area (Å²) in [5.74, 6) is -6.26. The molecule has 0 bridgehead atoms. The molecule has 3 aromatic carbocycles. The Bertz CT molecular complexity index is 1510. The molecule has 0 fully saturated rings. The molecule has 0 aliphatic carbocycles. The van der Waals surface area contributed by atoms with E-state index in [9.17, 15) is 53.5 Å². The van der Waals surface area contributed by atoms with Crippen molar-refractivity contribution in [3.8, 4) is 5.75 Å². The van der Waals surface area contributed by atoms with E-state index in [1.807, 2.05) is 5.32 Å². The maximum absolute atomic E-state index is 15.2. The highest BCUT2D eigenvalue weighted by atomic mass is 35.5. The minimum absolute atomic E-state index is 0.0374. The zero-order chi connectivity index (χ0) is 31.8. The third-order valence-electron chi connectivity index (χ3n) is 5.88. The number of Topliss-reactive ketones (excluding diaryl/α,β-unsaturated/α-hetero) is 1. The van der Waals surface area contributed by atoms with Crippen molar-refractivity contribution < 1.29 is 62.6 Å². The lowest BCUT2D eigenvalue weighted by Crippen LogP contribution is -2.50. The molecule has 0 aromatic heterocycles. The molecule has 42 heavy (non-hydrogen) atoms. The van der Waals surface area contributed by atoms with Crippen LogP contribution in [-0.4, -0.2) is 30.7 Å². The molecule has 226 valence electrons. The minimum Gasteiger partial charge on any atom is -0.435 e. The second kappa shape index (κ2) is 11.8. The molecule has 1 N–H and O–H groups in total. The number of anilines is 1. The minimum atomic E-state index is -6.57.